The number of benzene rings is 2. The van der Waals surface area contributed by atoms with Gasteiger partial charge in [0.05, 0.1) is 16.5 Å². The van der Waals surface area contributed by atoms with Crippen molar-refractivity contribution in [2.24, 2.45) is 0 Å². The van der Waals surface area contributed by atoms with Crippen LogP contribution in [0.2, 0.25) is 0 Å². The summed E-state index contributed by atoms with van der Waals surface area (Å²) in [6.07, 6.45) is 1.81. The summed E-state index contributed by atoms with van der Waals surface area (Å²) in [5, 5.41) is 3.97. The molecule has 4 rings (SSSR count). The molecule has 2 heterocycles. The predicted octanol–water partition coefficient (Wildman–Crippen LogP) is 5.79. The Morgan fingerprint density at radius 1 is 1.12 bits per heavy atom. The lowest BCUT2D eigenvalue weighted by atomic mass is 9.99. The zero-order chi connectivity index (χ0) is 18.3. The molecule has 0 bridgehead atoms. The Hall–Kier alpha value is -2.02. The molecule has 4 aromatic rings. The van der Waals surface area contributed by atoms with E-state index in [0.29, 0.717) is 5.69 Å². The van der Waals surface area contributed by atoms with Gasteiger partial charge in [0.1, 0.15) is 9.22 Å². The highest BCUT2D eigenvalue weighted by atomic mass is 32.2. The second kappa shape index (κ2) is 6.95. The molecule has 0 saturated carbocycles. The van der Waals surface area contributed by atoms with Crippen LogP contribution in [0.5, 0.6) is 0 Å². The molecule has 132 valence electrons. The molecule has 2 aromatic carbocycles. The van der Waals surface area contributed by atoms with E-state index in [1.807, 2.05) is 43.6 Å². The number of thiazole rings is 1. The molecule has 0 aliphatic heterocycles. The first kappa shape index (κ1) is 17.4. The van der Waals surface area contributed by atoms with Crippen LogP contribution in [0.3, 0.4) is 0 Å². The Kier molecular flexibility index (Phi) is 4.65. The van der Waals surface area contributed by atoms with Crippen LogP contribution in [0, 0.1) is 0 Å². The van der Waals surface area contributed by atoms with Crippen molar-refractivity contribution in [2.45, 2.75) is 23.3 Å². The highest BCUT2D eigenvalue weighted by molar-refractivity contribution is 7.88. The van der Waals surface area contributed by atoms with Crippen LogP contribution >= 0.6 is 22.7 Å². The summed E-state index contributed by atoms with van der Waals surface area (Å²) >= 11 is 3.15. The Labute approximate surface area is 163 Å². The van der Waals surface area contributed by atoms with Crippen LogP contribution in [-0.2, 0) is 10.8 Å². The number of hydrogen-bond donors (Lipinski definition) is 1. The second-order valence-electron chi connectivity index (χ2n) is 6.25. The number of thiophene rings is 1. The van der Waals surface area contributed by atoms with Crippen molar-refractivity contribution in [3.8, 4) is 21.7 Å². The molecule has 0 spiro atoms. The van der Waals surface area contributed by atoms with E-state index >= 15 is 0 Å². The van der Waals surface area contributed by atoms with Crippen molar-refractivity contribution in [1.29, 1.82) is 0 Å². The molecule has 0 radical (unpaired) electrons. The number of rotatable bonds is 4. The Morgan fingerprint density at radius 2 is 1.88 bits per heavy atom. The summed E-state index contributed by atoms with van der Waals surface area (Å²) in [4.78, 5) is 4.45. The van der Waals surface area contributed by atoms with Crippen LogP contribution in [0.25, 0.3) is 31.8 Å². The van der Waals surface area contributed by atoms with Gasteiger partial charge in [0, 0.05) is 32.5 Å². The number of anilines is 1. The minimum Gasteiger partial charge on any atom is -0.397 e. The highest BCUT2D eigenvalue weighted by Crippen LogP contribution is 2.44. The second-order valence-corrected chi connectivity index (χ2v) is 10.4. The first-order chi connectivity index (χ1) is 12.6. The van der Waals surface area contributed by atoms with Crippen molar-refractivity contribution >= 4 is 49.2 Å². The summed E-state index contributed by atoms with van der Waals surface area (Å²) in [6.45, 7) is 3.91. The maximum Gasteiger partial charge on any atom is 0.123 e. The van der Waals surface area contributed by atoms with Gasteiger partial charge >= 0.3 is 0 Å². The van der Waals surface area contributed by atoms with E-state index in [0.717, 1.165) is 36.0 Å². The summed E-state index contributed by atoms with van der Waals surface area (Å²) in [5.41, 5.74) is 10.4. The third-order valence-electron chi connectivity index (χ3n) is 4.17. The van der Waals surface area contributed by atoms with Gasteiger partial charge in [-0.05, 0) is 23.3 Å². The zero-order valence-electron chi connectivity index (χ0n) is 14.4. The van der Waals surface area contributed by atoms with E-state index in [1.54, 1.807) is 11.3 Å². The maximum absolute atomic E-state index is 12.7. The van der Waals surface area contributed by atoms with E-state index in [9.17, 15) is 4.21 Å². The predicted molar refractivity (Wildman–Crippen MR) is 114 cm³/mol. The quantitative estimate of drug-likeness (QED) is 0.473. The van der Waals surface area contributed by atoms with E-state index in [4.69, 9.17) is 5.73 Å². The van der Waals surface area contributed by atoms with E-state index in [2.05, 4.69) is 29.2 Å². The topological polar surface area (TPSA) is 56.0 Å². The molecule has 2 N–H and O–H groups in total. The molecule has 0 saturated heterocycles. The number of nitrogen functional groups attached to an aromatic ring is 1. The molecule has 26 heavy (non-hydrogen) atoms. The monoisotopic (exact) mass is 398 g/mol. The first-order valence-corrected chi connectivity index (χ1v) is 11.2. The Bertz CT molecular complexity index is 1080. The van der Waals surface area contributed by atoms with Crippen molar-refractivity contribution in [3.05, 3.63) is 54.0 Å². The average Bonchev–Trinajstić information content (AvgIpc) is 3.29. The lowest BCUT2D eigenvalue weighted by Gasteiger charge is -2.08. The van der Waals surface area contributed by atoms with Gasteiger partial charge in [0.25, 0.3) is 0 Å². The van der Waals surface area contributed by atoms with E-state index in [-0.39, 0.29) is 5.25 Å². The number of hydrogen-bond acceptors (Lipinski definition) is 5. The third kappa shape index (κ3) is 2.98. The maximum atomic E-state index is 12.7. The standard InChI is InChI=1S/C20H18N2OS3/c1-12(2)26(23)20-18(21)17-15(13-6-4-3-5-7-13)10-14(11-16(17)25-20)19-22-8-9-24-19/h3-12H,21H2,1-2H3. The number of fused-ring (bicyclic) bond motifs is 1. The highest BCUT2D eigenvalue weighted by Gasteiger charge is 2.21. The summed E-state index contributed by atoms with van der Waals surface area (Å²) in [7, 11) is -1.11. The van der Waals surface area contributed by atoms with E-state index in [1.165, 1.54) is 11.3 Å². The average molecular weight is 399 g/mol. The van der Waals surface area contributed by atoms with Crippen LogP contribution in [0.15, 0.2) is 58.3 Å². The fraction of sp³-hybridized carbons (Fsp3) is 0.150. The number of aromatic nitrogens is 1. The largest absolute Gasteiger partial charge is 0.397 e. The Balaban J connectivity index is 2.04. The van der Waals surface area contributed by atoms with Crippen LogP contribution < -0.4 is 5.73 Å². The van der Waals surface area contributed by atoms with Gasteiger partial charge in [-0.3, -0.25) is 4.21 Å². The van der Waals surface area contributed by atoms with Gasteiger partial charge in [-0.1, -0.05) is 44.2 Å². The molecule has 1 unspecified atom stereocenters. The first-order valence-electron chi connectivity index (χ1n) is 8.28. The van der Waals surface area contributed by atoms with Gasteiger partial charge in [0.15, 0.2) is 0 Å². The molecule has 6 heteroatoms. The van der Waals surface area contributed by atoms with Gasteiger partial charge in [-0.2, -0.15) is 0 Å². The SMILES string of the molecule is CC(C)S(=O)c1sc2cc(-c3nccs3)cc(-c3ccccc3)c2c1N. The number of nitrogens with two attached hydrogens (primary N) is 1. The molecule has 0 aliphatic rings. The van der Waals surface area contributed by atoms with Gasteiger partial charge in [-0.15, -0.1) is 22.7 Å². The molecule has 0 aliphatic carbocycles. The molecule has 1 atom stereocenters. The zero-order valence-corrected chi connectivity index (χ0v) is 16.9. The van der Waals surface area contributed by atoms with Crippen molar-refractivity contribution in [3.63, 3.8) is 0 Å². The smallest absolute Gasteiger partial charge is 0.123 e. The molecule has 2 aromatic heterocycles. The normalized spacial score (nSPS) is 12.7. The minimum atomic E-state index is -1.11. The third-order valence-corrected chi connectivity index (χ3v) is 8.12. The fourth-order valence-electron chi connectivity index (χ4n) is 2.93. The van der Waals surface area contributed by atoms with E-state index < -0.39 is 10.8 Å². The van der Waals surface area contributed by atoms with Crippen molar-refractivity contribution < 1.29 is 4.21 Å². The van der Waals surface area contributed by atoms with Crippen LogP contribution in [0.4, 0.5) is 5.69 Å². The fourth-order valence-corrected chi connectivity index (χ4v) is 6.40. The lowest BCUT2D eigenvalue weighted by molar-refractivity contribution is 0.678. The summed E-state index contributed by atoms with van der Waals surface area (Å²) < 4.78 is 14.5. The molecule has 3 nitrogen and oxygen atoms in total. The Morgan fingerprint density at radius 3 is 2.54 bits per heavy atom. The number of nitrogens with zero attached hydrogens (tertiary/aromatic N) is 1. The van der Waals surface area contributed by atoms with Gasteiger partial charge in [0.2, 0.25) is 0 Å². The molecular weight excluding hydrogens is 380 g/mol. The van der Waals surface area contributed by atoms with Crippen LogP contribution in [0.1, 0.15) is 13.8 Å². The summed E-state index contributed by atoms with van der Waals surface area (Å²) in [6, 6.07) is 14.5. The van der Waals surface area contributed by atoms with Crippen LogP contribution in [-0.4, -0.2) is 14.4 Å². The molecular formula is C20H18N2OS3. The molecule has 0 amide bonds. The lowest BCUT2D eigenvalue weighted by Crippen LogP contribution is -2.05. The van der Waals surface area contributed by atoms with Gasteiger partial charge < -0.3 is 5.73 Å². The summed E-state index contributed by atoms with van der Waals surface area (Å²) in [5.74, 6) is 0. The van der Waals surface area contributed by atoms with Gasteiger partial charge in [-0.25, -0.2) is 4.98 Å². The molecule has 0 fully saturated rings. The van der Waals surface area contributed by atoms with Crippen molar-refractivity contribution in [2.75, 3.05) is 5.73 Å². The van der Waals surface area contributed by atoms with Crippen molar-refractivity contribution in [1.82, 2.24) is 4.98 Å². The minimum absolute atomic E-state index is 0.0315.